The number of hydrogen-bond acceptors (Lipinski definition) is 3. The van der Waals surface area contributed by atoms with E-state index in [9.17, 15) is 4.79 Å². The second-order valence-electron chi connectivity index (χ2n) is 6.06. The number of anilines is 1. The summed E-state index contributed by atoms with van der Waals surface area (Å²) < 4.78 is 0. The standard InChI is InChI=1S/C21H20ClN3O/c1-25(15-17-5-3-2-4-6-17)20-12-9-18(14-23-20)21(26)24-13-16-7-10-19(22)11-8-16/h2-12,14H,13,15H2,1H3,(H,24,26). The number of aromatic nitrogens is 1. The van der Waals surface area contributed by atoms with Crippen LogP contribution in [-0.2, 0) is 13.1 Å². The Hall–Kier alpha value is -2.85. The third kappa shape index (κ3) is 4.83. The minimum atomic E-state index is -0.148. The zero-order valence-corrected chi connectivity index (χ0v) is 15.3. The maximum absolute atomic E-state index is 12.3. The first-order chi connectivity index (χ1) is 12.6. The van der Waals surface area contributed by atoms with Gasteiger partial charge in [0, 0.05) is 31.4 Å². The molecule has 1 amide bonds. The van der Waals surface area contributed by atoms with Gasteiger partial charge in [-0.25, -0.2) is 4.98 Å². The number of carbonyl (C=O) groups is 1. The summed E-state index contributed by atoms with van der Waals surface area (Å²) in [7, 11) is 1.98. The number of rotatable bonds is 6. The smallest absolute Gasteiger partial charge is 0.253 e. The number of benzene rings is 2. The Morgan fingerprint density at radius 1 is 1.00 bits per heavy atom. The second-order valence-corrected chi connectivity index (χ2v) is 6.49. The second kappa shape index (κ2) is 8.50. The molecule has 1 N–H and O–H groups in total. The third-order valence-corrected chi connectivity index (χ3v) is 4.28. The highest BCUT2D eigenvalue weighted by Crippen LogP contribution is 2.14. The van der Waals surface area contributed by atoms with Crippen molar-refractivity contribution in [3.63, 3.8) is 0 Å². The van der Waals surface area contributed by atoms with Crippen LogP contribution in [0.1, 0.15) is 21.5 Å². The highest BCUT2D eigenvalue weighted by molar-refractivity contribution is 6.30. The van der Waals surface area contributed by atoms with E-state index in [4.69, 9.17) is 11.6 Å². The molecule has 0 spiro atoms. The molecule has 3 aromatic rings. The largest absolute Gasteiger partial charge is 0.355 e. The lowest BCUT2D eigenvalue weighted by Crippen LogP contribution is -2.23. The molecule has 5 heteroatoms. The zero-order chi connectivity index (χ0) is 18.4. The predicted octanol–water partition coefficient (Wildman–Crippen LogP) is 4.30. The summed E-state index contributed by atoms with van der Waals surface area (Å²) in [5.74, 6) is 0.674. The molecule has 1 heterocycles. The van der Waals surface area contributed by atoms with E-state index in [0.29, 0.717) is 17.1 Å². The minimum Gasteiger partial charge on any atom is -0.355 e. The molecule has 1 aromatic heterocycles. The van der Waals surface area contributed by atoms with E-state index >= 15 is 0 Å². The summed E-state index contributed by atoms with van der Waals surface area (Å²) in [5, 5.41) is 3.57. The molecule has 0 aliphatic heterocycles. The van der Waals surface area contributed by atoms with E-state index in [1.807, 2.05) is 60.5 Å². The van der Waals surface area contributed by atoms with E-state index in [2.05, 4.69) is 22.4 Å². The normalized spacial score (nSPS) is 10.4. The molecule has 132 valence electrons. The molecule has 0 fully saturated rings. The van der Waals surface area contributed by atoms with Crippen molar-refractivity contribution in [2.75, 3.05) is 11.9 Å². The van der Waals surface area contributed by atoms with Crippen molar-refractivity contribution in [2.45, 2.75) is 13.1 Å². The lowest BCUT2D eigenvalue weighted by atomic mass is 10.2. The first kappa shape index (κ1) is 18.0. The first-order valence-corrected chi connectivity index (χ1v) is 8.73. The van der Waals surface area contributed by atoms with Crippen molar-refractivity contribution < 1.29 is 4.79 Å². The predicted molar refractivity (Wildman–Crippen MR) is 105 cm³/mol. The Labute approximate surface area is 158 Å². The van der Waals surface area contributed by atoms with Crippen molar-refractivity contribution in [3.8, 4) is 0 Å². The number of carbonyl (C=O) groups excluding carboxylic acids is 1. The van der Waals surface area contributed by atoms with Crippen molar-refractivity contribution >= 4 is 23.3 Å². The van der Waals surface area contributed by atoms with Gasteiger partial charge in [0.1, 0.15) is 5.82 Å². The topological polar surface area (TPSA) is 45.2 Å². The zero-order valence-electron chi connectivity index (χ0n) is 14.5. The Bertz CT molecular complexity index is 849. The first-order valence-electron chi connectivity index (χ1n) is 8.35. The third-order valence-electron chi connectivity index (χ3n) is 4.03. The lowest BCUT2D eigenvalue weighted by molar-refractivity contribution is 0.0950. The summed E-state index contributed by atoms with van der Waals surface area (Å²) in [4.78, 5) is 18.7. The molecule has 2 aromatic carbocycles. The van der Waals surface area contributed by atoms with Gasteiger partial charge in [-0.15, -0.1) is 0 Å². The van der Waals surface area contributed by atoms with Crippen LogP contribution >= 0.6 is 11.6 Å². The van der Waals surface area contributed by atoms with Crippen molar-refractivity contribution in [1.29, 1.82) is 0 Å². The van der Waals surface area contributed by atoms with Gasteiger partial charge in [0.05, 0.1) is 5.56 Å². The monoisotopic (exact) mass is 365 g/mol. The number of hydrogen-bond donors (Lipinski definition) is 1. The van der Waals surface area contributed by atoms with E-state index < -0.39 is 0 Å². The molecule has 0 radical (unpaired) electrons. The van der Waals surface area contributed by atoms with Crippen LogP contribution in [0.3, 0.4) is 0 Å². The van der Waals surface area contributed by atoms with Crippen LogP contribution in [0.5, 0.6) is 0 Å². The maximum Gasteiger partial charge on any atom is 0.253 e. The van der Waals surface area contributed by atoms with Crippen molar-refractivity contribution in [3.05, 3.63) is 94.6 Å². The van der Waals surface area contributed by atoms with Crippen LogP contribution in [0.2, 0.25) is 5.02 Å². The van der Waals surface area contributed by atoms with Gasteiger partial charge in [0.25, 0.3) is 5.91 Å². The lowest BCUT2D eigenvalue weighted by Gasteiger charge is -2.18. The summed E-state index contributed by atoms with van der Waals surface area (Å²) in [6.45, 7) is 1.21. The maximum atomic E-state index is 12.3. The minimum absolute atomic E-state index is 0.148. The number of pyridine rings is 1. The molecule has 0 aliphatic carbocycles. The van der Waals surface area contributed by atoms with Gasteiger partial charge in [0.2, 0.25) is 0 Å². The highest BCUT2D eigenvalue weighted by atomic mass is 35.5. The van der Waals surface area contributed by atoms with Crippen LogP contribution in [0.15, 0.2) is 72.9 Å². The molecule has 0 aliphatic rings. The fraction of sp³-hybridized carbons (Fsp3) is 0.143. The van der Waals surface area contributed by atoms with Crippen molar-refractivity contribution in [1.82, 2.24) is 10.3 Å². The molecule has 0 saturated heterocycles. The van der Waals surface area contributed by atoms with Crippen LogP contribution in [0, 0.1) is 0 Å². The Balaban J connectivity index is 1.57. The summed E-state index contributed by atoms with van der Waals surface area (Å²) in [6, 6.07) is 21.2. The molecule has 0 unspecified atom stereocenters. The molecule has 0 bridgehead atoms. The fourth-order valence-corrected chi connectivity index (χ4v) is 2.70. The van der Waals surface area contributed by atoms with E-state index in [0.717, 1.165) is 17.9 Å². The molecular weight excluding hydrogens is 346 g/mol. The number of nitrogens with one attached hydrogen (secondary N) is 1. The number of halogens is 1. The SMILES string of the molecule is CN(Cc1ccccc1)c1ccc(C(=O)NCc2ccc(Cl)cc2)cn1. The van der Waals surface area contributed by atoms with Gasteiger partial charge in [-0.1, -0.05) is 54.1 Å². The summed E-state index contributed by atoms with van der Waals surface area (Å²) >= 11 is 5.86. The quantitative estimate of drug-likeness (QED) is 0.708. The van der Waals surface area contributed by atoms with Gasteiger partial charge in [-0.2, -0.15) is 0 Å². The van der Waals surface area contributed by atoms with Crippen LogP contribution < -0.4 is 10.2 Å². The average Bonchev–Trinajstić information content (AvgIpc) is 2.68. The highest BCUT2D eigenvalue weighted by Gasteiger charge is 2.08. The fourth-order valence-electron chi connectivity index (χ4n) is 2.57. The molecule has 4 nitrogen and oxygen atoms in total. The molecule has 0 saturated carbocycles. The Kier molecular flexibility index (Phi) is 5.87. The Morgan fingerprint density at radius 2 is 1.73 bits per heavy atom. The van der Waals surface area contributed by atoms with Gasteiger partial charge >= 0.3 is 0 Å². The molecular formula is C21H20ClN3O. The van der Waals surface area contributed by atoms with Gasteiger partial charge in [-0.3, -0.25) is 4.79 Å². The number of nitrogens with zero attached hydrogens (tertiary/aromatic N) is 2. The van der Waals surface area contributed by atoms with E-state index in [-0.39, 0.29) is 5.91 Å². The van der Waals surface area contributed by atoms with Crippen LogP contribution in [0.25, 0.3) is 0 Å². The summed E-state index contributed by atoms with van der Waals surface area (Å²) in [5.41, 5.74) is 2.74. The van der Waals surface area contributed by atoms with Crippen LogP contribution in [-0.4, -0.2) is 17.9 Å². The molecule has 3 rings (SSSR count). The Morgan fingerprint density at radius 3 is 2.38 bits per heavy atom. The van der Waals surface area contributed by atoms with Gasteiger partial charge in [0.15, 0.2) is 0 Å². The number of amides is 1. The average molecular weight is 366 g/mol. The van der Waals surface area contributed by atoms with Gasteiger partial charge in [-0.05, 0) is 35.4 Å². The molecule has 26 heavy (non-hydrogen) atoms. The van der Waals surface area contributed by atoms with E-state index in [1.54, 1.807) is 12.3 Å². The van der Waals surface area contributed by atoms with Crippen LogP contribution in [0.4, 0.5) is 5.82 Å². The van der Waals surface area contributed by atoms with Crippen molar-refractivity contribution in [2.24, 2.45) is 0 Å². The summed E-state index contributed by atoms with van der Waals surface area (Å²) in [6.07, 6.45) is 1.61. The van der Waals surface area contributed by atoms with E-state index in [1.165, 1.54) is 5.56 Å². The van der Waals surface area contributed by atoms with Gasteiger partial charge < -0.3 is 10.2 Å². The molecule has 0 atom stereocenters.